The summed E-state index contributed by atoms with van der Waals surface area (Å²) in [6.07, 6.45) is 3.15. The van der Waals surface area contributed by atoms with E-state index in [0.717, 1.165) is 21.7 Å². The molecule has 9 aromatic rings. The third-order valence-electron chi connectivity index (χ3n) is 10.6. The summed E-state index contributed by atoms with van der Waals surface area (Å²) in [5.74, 6) is -2.24. The molecule has 3 heterocycles. The summed E-state index contributed by atoms with van der Waals surface area (Å²) in [7, 11) is 0. The highest BCUT2D eigenvalue weighted by molar-refractivity contribution is 6.08. The Morgan fingerprint density at radius 1 is 0.617 bits per heavy atom. The van der Waals surface area contributed by atoms with Crippen LogP contribution in [0, 0.1) is 10.8 Å². The van der Waals surface area contributed by atoms with Crippen molar-refractivity contribution in [1.82, 2.24) is 19.1 Å². The third-order valence-corrected chi connectivity index (χ3v) is 10.6. The monoisotopic (exact) mass is 794 g/mol. The van der Waals surface area contributed by atoms with Gasteiger partial charge in [0.2, 0.25) is 0 Å². The molecular weight excluding hydrogens is 761 g/mol. The molecule has 0 atom stereocenters. The number of phenolic OH excluding ortho intramolecular Hbond substituents is 1. The molecule has 9 rings (SSSR count). The minimum atomic E-state index is -1.15. The van der Waals surface area contributed by atoms with E-state index in [0.29, 0.717) is 60.8 Å². The van der Waals surface area contributed by atoms with Crippen molar-refractivity contribution in [3.63, 3.8) is 0 Å². The number of carbonyl (C=O) groups is 2. The second-order valence-corrected chi connectivity index (χ2v) is 14.4. The number of nitrogens with two attached hydrogens (primary N) is 2. The molecule has 14 nitrogen and oxygen atoms in total. The van der Waals surface area contributed by atoms with Crippen molar-refractivity contribution in [3.05, 3.63) is 161 Å². The predicted molar refractivity (Wildman–Crippen MR) is 229 cm³/mol. The van der Waals surface area contributed by atoms with Crippen LogP contribution in [0.15, 0.2) is 128 Å². The fourth-order valence-electron chi connectivity index (χ4n) is 7.93. The van der Waals surface area contributed by atoms with Gasteiger partial charge in [-0.15, -0.1) is 0 Å². The molecule has 0 aliphatic rings. The largest absolute Gasteiger partial charge is 0.508 e. The highest BCUT2D eigenvalue weighted by atomic mass is 16.5. The zero-order chi connectivity index (χ0) is 41.8. The van der Waals surface area contributed by atoms with Crippen LogP contribution in [0.3, 0.4) is 0 Å². The van der Waals surface area contributed by atoms with E-state index in [1.54, 1.807) is 82.2 Å². The number of aromatic nitrogens is 4. The third kappa shape index (κ3) is 6.63. The van der Waals surface area contributed by atoms with Crippen molar-refractivity contribution in [2.75, 3.05) is 0 Å². The van der Waals surface area contributed by atoms with Gasteiger partial charge in [-0.3, -0.25) is 10.8 Å². The second-order valence-electron chi connectivity index (χ2n) is 14.4. The van der Waals surface area contributed by atoms with Gasteiger partial charge in [-0.2, -0.15) is 0 Å². The first-order valence-electron chi connectivity index (χ1n) is 18.6. The summed E-state index contributed by atoms with van der Waals surface area (Å²) in [6.45, 7) is 0.194. The first kappa shape index (κ1) is 37.1. The molecule has 294 valence electrons. The van der Waals surface area contributed by atoms with Gasteiger partial charge >= 0.3 is 17.9 Å². The Labute approximate surface area is 340 Å². The number of benzene rings is 6. The molecule has 0 amide bonds. The quantitative estimate of drug-likeness (QED) is 0.0493. The van der Waals surface area contributed by atoms with Crippen LogP contribution >= 0.6 is 0 Å². The summed E-state index contributed by atoms with van der Waals surface area (Å²) in [6, 6.07) is 33.7. The van der Waals surface area contributed by atoms with Gasteiger partial charge in [0.05, 0.1) is 5.52 Å². The number of hydrogen-bond donors (Lipinski definition) is 7. The highest BCUT2D eigenvalue weighted by Gasteiger charge is 2.22. The van der Waals surface area contributed by atoms with Crippen LogP contribution in [-0.2, 0) is 13.1 Å². The summed E-state index contributed by atoms with van der Waals surface area (Å²) < 4.78 is 9.31. The Balaban J connectivity index is 1.18. The van der Waals surface area contributed by atoms with E-state index in [-0.39, 0.29) is 47.9 Å². The first-order valence-corrected chi connectivity index (χ1v) is 18.6. The molecule has 0 saturated carbocycles. The number of hydrogen-bond acceptors (Lipinski definition) is 8. The topological polar surface area (TPSA) is 239 Å². The Hall–Kier alpha value is -8.52. The van der Waals surface area contributed by atoms with Crippen molar-refractivity contribution in [2.45, 2.75) is 13.1 Å². The predicted octanol–water partition coefficient (Wildman–Crippen LogP) is 7.92. The summed E-state index contributed by atoms with van der Waals surface area (Å²) >= 11 is 0. The van der Waals surface area contributed by atoms with Gasteiger partial charge in [-0.05, 0) is 111 Å². The fourth-order valence-corrected chi connectivity index (χ4v) is 7.93. The van der Waals surface area contributed by atoms with E-state index < -0.39 is 11.9 Å². The first-order chi connectivity index (χ1) is 28.9. The van der Waals surface area contributed by atoms with Gasteiger partial charge in [0.1, 0.15) is 34.6 Å². The van der Waals surface area contributed by atoms with Crippen molar-refractivity contribution in [3.8, 4) is 28.6 Å². The molecule has 0 radical (unpaired) electrons. The Morgan fingerprint density at radius 2 is 1.28 bits per heavy atom. The average molecular weight is 795 g/mol. The number of carboxylic acid groups (broad SMARTS) is 2. The zero-order valence-corrected chi connectivity index (χ0v) is 31.5. The van der Waals surface area contributed by atoms with Gasteiger partial charge in [0.25, 0.3) is 0 Å². The highest BCUT2D eigenvalue weighted by Crippen LogP contribution is 2.38. The number of fused-ring (bicyclic) bond motifs is 4. The number of aromatic carboxylic acids is 2. The van der Waals surface area contributed by atoms with Crippen LogP contribution in [-0.4, -0.2) is 58.0 Å². The van der Waals surface area contributed by atoms with Crippen LogP contribution in [0.5, 0.6) is 17.5 Å². The van der Waals surface area contributed by atoms with Gasteiger partial charge in [0, 0.05) is 52.9 Å². The molecule has 0 bridgehead atoms. The molecule has 0 aliphatic carbocycles. The van der Waals surface area contributed by atoms with E-state index in [1.165, 1.54) is 0 Å². The molecule has 3 aromatic heterocycles. The number of aromatic hydroxyl groups is 1. The van der Waals surface area contributed by atoms with Crippen molar-refractivity contribution in [1.29, 1.82) is 10.8 Å². The van der Waals surface area contributed by atoms with Crippen LogP contribution in [0.1, 0.15) is 43.2 Å². The standard InChI is InChI=1S/C46H34N8O6/c47-42(48)27-7-6-26-18-40(44(56)57)53(38(26)19-27)22-30-14-32(55)13-28-12-25(8-9-35(28)30)36-17-29(43(49)50)20-39-37(36)21-41(45(58)59)54(39)23-31-16-33(60-46-51-10-3-11-52-46)15-24-4-1-2-5-34(24)31/h1-21,55H,22-23H2,(H3,47,48)(H3,49,50)(H,56,57)(H,58,59). The minimum Gasteiger partial charge on any atom is -0.508 e. The lowest BCUT2D eigenvalue weighted by Gasteiger charge is -2.15. The van der Waals surface area contributed by atoms with E-state index >= 15 is 0 Å². The number of rotatable bonds is 11. The van der Waals surface area contributed by atoms with Crippen LogP contribution in [0.25, 0.3) is 54.5 Å². The molecule has 60 heavy (non-hydrogen) atoms. The Bertz CT molecular complexity index is 3280. The van der Waals surface area contributed by atoms with E-state index in [1.807, 2.05) is 54.6 Å². The maximum absolute atomic E-state index is 13.0. The van der Waals surface area contributed by atoms with Crippen LogP contribution in [0.4, 0.5) is 0 Å². The number of nitrogens with one attached hydrogen (secondary N) is 2. The molecule has 6 aromatic carbocycles. The second kappa shape index (κ2) is 14.5. The Kier molecular flexibility index (Phi) is 8.93. The lowest BCUT2D eigenvalue weighted by molar-refractivity contribution is 0.0675. The molecule has 0 unspecified atom stereocenters. The smallest absolute Gasteiger partial charge is 0.352 e. The maximum Gasteiger partial charge on any atom is 0.352 e. The average Bonchev–Trinajstić information content (AvgIpc) is 3.78. The molecule has 9 N–H and O–H groups in total. The zero-order valence-electron chi connectivity index (χ0n) is 31.5. The minimum absolute atomic E-state index is 0.00980. The lowest BCUT2D eigenvalue weighted by Crippen LogP contribution is -2.13. The normalized spacial score (nSPS) is 11.4. The van der Waals surface area contributed by atoms with Gasteiger partial charge < -0.3 is 40.7 Å². The number of nitrogens with zero attached hydrogens (tertiary/aromatic N) is 4. The number of amidine groups is 2. The van der Waals surface area contributed by atoms with Gasteiger partial charge in [-0.25, -0.2) is 19.6 Å². The summed E-state index contributed by atoms with van der Waals surface area (Å²) in [5.41, 5.74) is 16.5. The number of ether oxygens (including phenoxy) is 1. The van der Waals surface area contributed by atoms with Gasteiger partial charge in [0.15, 0.2) is 0 Å². The number of carboxylic acids is 2. The van der Waals surface area contributed by atoms with E-state index in [4.69, 9.17) is 27.0 Å². The molecular formula is C46H34N8O6. The van der Waals surface area contributed by atoms with Crippen molar-refractivity contribution >= 4 is 67.0 Å². The Morgan fingerprint density at radius 3 is 2.02 bits per heavy atom. The van der Waals surface area contributed by atoms with E-state index in [2.05, 4.69) is 9.97 Å². The summed E-state index contributed by atoms with van der Waals surface area (Å²) in [4.78, 5) is 33.8. The fraction of sp³-hybridized carbons (Fsp3) is 0.0435. The summed E-state index contributed by atoms with van der Waals surface area (Å²) in [5, 5.41) is 52.5. The molecule has 0 saturated heterocycles. The molecule has 14 heteroatoms. The van der Waals surface area contributed by atoms with Crippen LogP contribution < -0.4 is 16.2 Å². The maximum atomic E-state index is 13.0. The van der Waals surface area contributed by atoms with Crippen molar-refractivity contribution in [2.24, 2.45) is 11.5 Å². The lowest BCUT2D eigenvalue weighted by atomic mass is 9.94. The number of phenols is 1. The van der Waals surface area contributed by atoms with Crippen LogP contribution in [0.2, 0.25) is 0 Å². The van der Waals surface area contributed by atoms with E-state index in [9.17, 15) is 24.9 Å². The molecule has 0 spiro atoms. The van der Waals surface area contributed by atoms with Crippen molar-refractivity contribution < 1.29 is 29.6 Å². The number of nitrogen functional groups attached to an aromatic ring is 2. The SMILES string of the molecule is N=C(N)c1ccc2cc(C(=O)O)n(Cc3cc(O)cc4cc(-c5cc(C(=N)N)cc6c5cc(C(=O)O)n6Cc5cc(Oc6ncccn6)cc6ccccc56)ccc34)c2c1. The molecule has 0 aliphatic heterocycles. The molecule has 0 fully saturated rings. The van der Waals surface area contributed by atoms with Gasteiger partial charge in [-0.1, -0.05) is 48.5 Å².